The predicted molar refractivity (Wildman–Crippen MR) is 87.5 cm³/mol. The lowest BCUT2D eigenvalue weighted by atomic mass is 9.94. The van der Waals surface area contributed by atoms with E-state index in [2.05, 4.69) is 18.3 Å². The van der Waals surface area contributed by atoms with E-state index < -0.39 is 0 Å². The zero-order valence-corrected chi connectivity index (χ0v) is 13.5. The van der Waals surface area contributed by atoms with Crippen molar-refractivity contribution in [2.24, 2.45) is 0 Å². The van der Waals surface area contributed by atoms with Crippen molar-refractivity contribution in [3.8, 4) is 0 Å². The molecule has 1 atom stereocenters. The van der Waals surface area contributed by atoms with Crippen molar-refractivity contribution in [1.29, 1.82) is 0 Å². The Kier molecular flexibility index (Phi) is 5.38. The molecule has 0 saturated carbocycles. The molecule has 2 rings (SSSR count). The predicted octanol–water partition coefficient (Wildman–Crippen LogP) is 5.18. The number of halogens is 2. The average Bonchev–Trinajstić information content (AvgIpc) is 2.42. The van der Waals surface area contributed by atoms with Gasteiger partial charge in [0.2, 0.25) is 0 Å². The maximum atomic E-state index is 13.7. The molecule has 2 aromatic rings. The standard InChI is InChI=1S/C18H21ClFN/c1-4-7-21-18(14-8-12(2)9-15(19)10-14)17-11-16(20)6-5-13(17)3/h5-6,8-11,18,21H,4,7H2,1-3H3. The fourth-order valence-corrected chi connectivity index (χ4v) is 2.85. The Balaban J connectivity index is 2.49. The smallest absolute Gasteiger partial charge is 0.123 e. The van der Waals surface area contributed by atoms with Gasteiger partial charge in [-0.3, -0.25) is 0 Å². The minimum absolute atomic E-state index is 0.0435. The molecule has 2 aromatic carbocycles. The molecule has 0 amide bonds. The third-order valence-electron chi connectivity index (χ3n) is 3.55. The van der Waals surface area contributed by atoms with Crippen LogP contribution in [0.2, 0.25) is 5.02 Å². The molecule has 0 aliphatic heterocycles. The van der Waals surface area contributed by atoms with Gasteiger partial charge in [0.25, 0.3) is 0 Å². The lowest BCUT2D eigenvalue weighted by molar-refractivity contribution is 0.583. The van der Waals surface area contributed by atoms with Crippen molar-refractivity contribution >= 4 is 11.6 Å². The summed E-state index contributed by atoms with van der Waals surface area (Å²) in [7, 11) is 0. The number of hydrogen-bond acceptors (Lipinski definition) is 1. The first-order valence-electron chi connectivity index (χ1n) is 7.27. The van der Waals surface area contributed by atoms with Gasteiger partial charge in [-0.2, -0.15) is 0 Å². The molecule has 1 N–H and O–H groups in total. The first kappa shape index (κ1) is 16.0. The van der Waals surface area contributed by atoms with Crippen LogP contribution in [-0.2, 0) is 0 Å². The van der Waals surface area contributed by atoms with E-state index in [0.29, 0.717) is 5.02 Å². The van der Waals surface area contributed by atoms with Gasteiger partial charge in [0.1, 0.15) is 5.82 Å². The quantitative estimate of drug-likeness (QED) is 0.802. The van der Waals surface area contributed by atoms with E-state index in [4.69, 9.17) is 11.6 Å². The van der Waals surface area contributed by atoms with Crippen molar-refractivity contribution in [2.45, 2.75) is 33.2 Å². The Morgan fingerprint density at radius 3 is 2.57 bits per heavy atom. The van der Waals surface area contributed by atoms with Crippen LogP contribution in [-0.4, -0.2) is 6.54 Å². The van der Waals surface area contributed by atoms with Gasteiger partial charge < -0.3 is 5.32 Å². The fraction of sp³-hybridized carbons (Fsp3) is 0.333. The van der Waals surface area contributed by atoms with Crippen LogP contribution in [0, 0.1) is 19.7 Å². The van der Waals surface area contributed by atoms with E-state index in [9.17, 15) is 4.39 Å². The molecule has 0 saturated heterocycles. The number of aryl methyl sites for hydroxylation is 2. The minimum Gasteiger partial charge on any atom is -0.306 e. The zero-order valence-electron chi connectivity index (χ0n) is 12.7. The van der Waals surface area contributed by atoms with Crippen LogP contribution < -0.4 is 5.32 Å². The molecule has 1 unspecified atom stereocenters. The van der Waals surface area contributed by atoms with Crippen molar-refractivity contribution < 1.29 is 4.39 Å². The third kappa shape index (κ3) is 4.05. The van der Waals surface area contributed by atoms with Gasteiger partial charge in [-0.1, -0.05) is 30.7 Å². The molecule has 112 valence electrons. The lowest BCUT2D eigenvalue weighted by Crippen LogP contribution is -2.24. The monoisotopic (exact) mass is 305 g/mol. The molecule has 1 nitrogen and oxygen atoms in total. The summed E-state index contributed by atoms with van der Waals surface area (Å²) in [5.41, 5.74) is 4.21. The molecule has 0 spiro atoms. The van der Waals surface area contributed by atoms with Gasteiger partial charge in [0.05, 0.1) is 6.04 Å². The van der Waals surface area contributed by atoms with Gasteiger partial charge in [0.15, 0.2) is 0 Å². The summed E-state index contributed by atoms with van der Waals surface area (Å²) in [5, 5.41) is 4.21. The SMILES string of the molecule is CCCNC(c1cc(C)cc(Cl)c1)c1cc(F)ccc1C. The summed E-state index contributed by atoms with van der Waals surface area (Å²) < 4.78 is 13.7. The number of benzene rings is 2. The fourth-order valence-electron chi connectivity index (χ4n) is 2.55. The van der Waals surface area contributed by atoms with E-state index >= 15 is 0 Å². The van der Waals surface area contributed by atoms with E-state index in [1.165, 1.54) is 6.07 Å². The highest BCUT2D eigenvalue weighted by atomic mass is 35.5. The van der Waals surface area contributed by atoms with Gasteiger partial charge in [0, 0.05) is 5.02 Å². The first-order chi connectivity index (χ1) is 10.0. The van der Waals surface area contributed by atoms with E-state index in [-0.39, 0.29) is 11.9 Å². The Morgan fingerprint density at radius 1 is 1.14 bits per heavy atom. The van der Waals surface area contributed by atoms with Crippen molar-refractivity contribution in [2.75, 3.05) is 6.54 Å². The summed E-state index contributed by atoms with van der Waals surface area (Å²) >= 11 is 6.18. The molecular formula is C18H21ClFN. The van der Waals surface area contributed by atoms with E-state index in [1.54, 1.807) is 6.07 Å². The summed E-state index contributed by atoms with van der Waals surface area (Å²) in [4.78, 5) is 0. The molecule has 0 aliphatic rings. The number of hydrogen-bond donors (Lipinski definition) is 1. The van der Waals surface area contributed by atoms with E-state index in [0.717, 1.165) is 35.2 Å². The van der Waals surface area contributed by atoms with Crippen LogP contribution in [0.4, 0.5) is 4.39 Å². The van der Waals surface area contributed by atoms with Crippen molar-refractivity contribution in [1.82, 2.24) is 5.32 Å². The van der Waals surface area contributed by atoms with Crippen LogP contribution in [0.25, 0.3) is 0 Å². The van der Waals surface area contributed by atoms with Gasteiger partial charge in [-0.25, -0.2) is 4.39 Å². The van der Waals surface area contributed by atoms with E-state index in [1.807, 2.05) is 32.0 Å². The molecule has 3 heteroatoms. The maximum Gasteiger partial charge on any atom is 0.123 e. The Bertz CT molecular complexity index is 604. The van der Waals surface area contributed by atoms with Gasteiger partial charge in [-0.15, -0.1) is 0 Å². The highest BCUT2D eigenvalue weighted by molar-refractivity contribution is 6.30. The summed E-state index contributed by atoms with van der Waals surface area (Å²) in [6, 6.07) is 10.9. The third-order valence-corrected chi connectivity index (χ3v) is 3.77. The molecule has 21 heavy (non-hydrogen) atoms. The Hall–Kier alpha value is -1.38. The molecule has 0 bridgehead atoms. The second-order valence-electron chi connectivity index (χ2n) is 5.45. The van der Waals surface area contributed by atoms with Crippen LogP contribution in [0.3, 0.4) is 0 Å². The van der Waals surface area contributed by atoms with Gasteiger partial charge >= 0.3 is 0 Å². The Morgan fingerprint density at radius 2 is 1.90 bits per heavy atom. The van der Waals surface area contributed by atoms with Crippen LogP contribution in [0.15, 0.2) is 36.4 Å². The molecule has 0 heterocycles. The highest BCUT2D eigenvalue weighted by Gasteiger charge is 2.17. The summed E-state index contributed by atoms with van der Waals surface area (Å²) in [5.74, 6) is -0.211. The zero-order chi connectivity index (χ0) is 15.4. The number of rotatable bonds is 5. The van der Waals surface area contributed by atoms with Crippen molar-refractivity contribution in [3.05, 3.63) is 69.5 Å². The van der Waals surface area contributed by atoms with Crippen LogP contribution >= 0.6 is 11.6 Å². The summed E-state index contributed by atoms with van der Waals surface area (Å²) in [6.07, 6.45) is 1.02. The Labute approximate surface area is 131 Å². The average molecular weight is 306 g/mol. The van der Waals surface area contributed by atoms with Crippen LogP contribution in [0.1, 0.15) is 41.6 Å². The lowest BCUT2D eigenvalue weighted by Gasteiger charge is -2.22. The normalized spacial score (nSPS) is 12.4. The molecular weight excluding hydrogens is 285 g/mol. The van der Waals surface area contributed by atoms with Crippen molar-refractivity contribution in [3.63, 3.8) is 0 Å². The second-order valence-corrected chi connectivity index (χ2v) is 5.89. The molecule has 0 radical (unpaired) electrons. The largest absolute Gasteiger partial charge is 0.306 e. The summed E-state index contributed by atoms with van der Waals surface area (Å²) in [6.45, 7) is 7.01. The number of nitrogens with one attached hydrogen (secondary N) is 1. The van der Waals surface area contributed by atoms with Gasteiger partial charge in [-0.05, 0) is 73.3 Å². The maximum absolute atomic E-state index is 13.7. The van der Waals surface area contributed by atoms with Crippen LogP contribution in [0.5, 0.6) is 0 Å². The molecule has 0 fully saturated rings. The molecule has 0 aliphatic carbocycles. The minimum atomic E-state index is -0.211. The molecule has 0 aromatic heterocycles. The topological polar surface area (TPSA) is 12.0 Å². The first-order valence-corrected chi connectivity index (χ1v) is 7.65. The second kappa shape index (κ2) is 7.06. The highest BCUT2D eigenvalue weighted by Crippen LogP contribution is 2.28.